The highest BCUT2D eigenvalue weighted by molar-refractivity contribution is 9.10. The zero-order valence-electron chi connectivity index (χ0n) is 8.88. The fourth-order valence-electron chi connectivity index (χ4n) is 2.15. The van der Waals surface area contributed by atoms with E-state index in [1.807, 2.05) is 0 Å². The van der Waals surface area contributed by atoms with Gasteiger partial charge in [0.2, 0.25) is 5.92 Å². The van der Waals surface area contributed by atoms with E-state index in [2.05, 4.69) is 21.0 Å². The predicted molar refractivity (Wildman–Crippen MR) is 58.2 cm³/mol. The lowest BCUT2D eigenvalue weighted by Gasteiger charge is -2.35. The van der Waals surface area contributed by atoms with Crippen LogP contribution in [-0.4, -0.2) is 20.8 Å². The largest absolute Gasteiger partial charge is 0.384 e. The summed E-state index contributed by atoms with van der Waals surface area (Å²) in [6, 6.07) is 1.68. The lowest BCUT2D eigenvalue weighted by atomic mass is 9.80. The highest BCUT2D eigenvalue weighted by Gasteiger charge is 2.44. The fraction of sp³-hybridized carbons (Fsp3) is 0.700. The van der Waals surface area contributed by atoms with Crippen LogP contribution in [0.25, 0.3) is 0 Å². The smallest absolute Gasteiger partial charge is 0.248 e. The summed E-state index contributed by atoms with van der Waals surface area (Å²) in [6.45, 7) is 0. The van der Waals surface area contributed by atoms with Crippen molar-refractivity contribution in [2.75, 3.05) is 0 Å². The molecule has 0 saturated heterocycles. The Hall–Kier alpha value is -0.490. The maximum atomic E-state index is 13.0. The summed E-state index contributed by atoms with van der Waals surface area (Å²) in [5.74, 6) is -2.64. The minimum absolute atomic E-state index is 0.0754. The molecule has 0 aliphatic heterocycles. The zero-order valence-corrected chi connectivity index (χ0v) is 10.5. The molecule has 1 fully saturated rings. The molecule has 1 aliphatic carbocycles. The molecule has 0 atom stereocenters. The van der Waals surface area contributed by atoms with Gasteiger partial charge in [0.1, 0.15) is 10.2 Å². The first-order valence-corrected chi connectivity index (χ1v) is 5.92. The van der Waals surface area contributed by atoms with Crippen LogP contribution in [0.15, 0.2) is 10.7 Å². The van der Waals surface area contributed by atoms with Gasteiger partial charge in [0.05, 0.1) is 5.69 Å². The van der Waals surface area contributed by atoms with Crippen molar-refractivity contribution in [2.24, 2.45) is 7.05 Å². The Morgan fingerprint density at radius 2 is 1.94 bits per heavy atom. The van der Waals surface area contributed by atoms with Crippen molar-refractivity contribution in [3.63, 3.8) is 0 Å². The third-order valence-electron chi connectivity index (χ3n) is 3.14. The predicted octanol–water partition coefficient (Wildman–Crippen LogP) is 2.58. The van der Waals surface area contributed by atoms with Crippen molar-refractivity contribution in [2.45, 2.75) is 37.2 Å². The van der Waals surface area contributed by atoms with Crippen LogP contribution in [0.1, 0.15) is 31.4 Å². The summed E-state index contributed by atoms with van der Waals surface area (Å²) in [5, 5.41) is 14.4. The molecular weight excluding hydrogens is 282 g/mol. The van der Waals surface area contributed by atoms with E-state index < -0.39 is 11.5 Å². The van der Waals surface area contributed by atoms with Crippen molar-refractivity contribution in [3.8, 4) is 0 Å². The molecule has 1 aliphatic rings. The van der Waals surface area contributed by atoms with Crippen LogP contribution in [0, 0.1) is 0 Å². The Morgan fingerprint density at radius 3 is 2.38 bits per heavy atom. The number of hydrogen-bond donors (Lipinski definition) is 1. The summed E-state index contributed by atoms with van der Waals surface area (Å²) in [7, 11) is 1.70. The third kappa shape index (κ3) is 2.13. The second-order valence-corrected chi connectivity index (χ2v) is 5.18. The highest BCUT2D eigenvalue weighted by Crippen LogP contribution is 2.43. The van der Waals surface area contributed by atoms with E-state index in [0.717, 1.165) is 0 Å². The Balaban J connectivity index is 2.24. The third-order valence-corrected chi connectivity index (χ3v) is 3.52. The molecule has 16 heavy (non-hydrogen) atoms. The summed E-state index contributed by atoms with van der Waals surface area (Å²) in [5.41, 5.74) is -0.579. The second kappa shape index (κ2) is 3.77. The Morgan fingerprint density at radius 1 is 1.38 bits per heavy atom. The lowest BCUT2D eigenvalue weighted by Crippen LogP contribution is -2.37. The van der Waals surface area contributed by atoms with Gasteiger partial charge in [-0.05, 0) is 34.8 Å². The Bertz CT molecular complexity index is 396. The average molecular weight is 295 g/mol. The molecule has 0 unspecified atom stereocenters. The molecule has 2 rings (SSSR count). The van der Waals surface area contributed by atoms with Gasteiger partial charge < -0.3 is 5.11 Å². The first-order valence-electron chi connectivity index (χ1n) is 5.13. The van der Waals surface area contributed by atoms with Gasteiger partial charge in [-0.3, -0.25) is 4.68 Å². The summed E-state index contributed by atoms with van der Waals surface area (Å²) in [4.78, 5) is 0. The average Bonchev–Trinajstić information content (AvgIpc) is 2.52. The molecule has 1 aromatic rings. The van der Waals surface area contributed by atoms with Crippen LogP contribution < -0.4 is 0 Å². The maximum absolute atomic E-state index is 13.0. The van der Waals surface area contributed by atoms with E-state index in [1.165, 1.54) is 4.68 Å². The number of nitrogens with zero attached hydrogens (tertiary/aromatic N) is 2. The van der Waals surface area contributed by atoms with E-state index >= 15 is 0 Å². The van der Waals surface area contributed by atoms with Crippen molar-refractivity contribution >= 4 is 15.9 Å². The molecule has 1 N–H and O–H groups in total. The van der Waals surface area contributed by atoms with Crippen LogP contribution in [0.5, 0.6) is 0 Å². The van der Waals surface area contributed by atoms with Crippen molar-refractivity contribution < 1.29 is 13.9 Å². The molecule has 0 aromatic carbocycles. The Kier molecular flexibility index (Phi) is 2.82. The molecule has 6 heteroatoms. The highest BCUT2D eigenvalue weighted by atomic mass is 79.9. The molecular formula is C10H13BrF2N2O. The SMILES string of the molecule is Cn1nc(Br)cc1C1(O)CCC(F)(F)CC1. The van der Waals surface area contributed by atoms with Crippen molar-refractivity contribution in [1.29, 1.82) is 0 Å². The van der Waals surface area contributed by atoms with E-state index in [0.29, 0.717) is 10.3 Å². The summed E-state index contributed by atoms with van der Waals surface area (Å²) < 4.78 is 28.2. The topological polar surface area (TPSA) is 38.0 Å². The molecule has 1 heterocycles. The number of aryl methyl sites for hydroxylation is 1. The lowest BCUT2D eigenvalue weighted by molar-refractivity contribution is -0.109. The first-order chi connectivity index (χ1) is 7.32. The van der Waals surface area contributed by atoms with Gasteiger partial charge in [-0.1, -0.05) is 0 Å². The van der Waals surface area contributed by atoms with Crippen LogP contribution in [0.4, 0.5) is 8.78 Å². The van der Waals surface area contributed by atoms with Gasteiger partial charge in [0.25, 0.3) is 0 Å². The number of halogens is 3. The molecule has 3 nitrogen and oxygen atoms in total. The minimum Gasteiger partial charge on any atom is -0.384 e. The van der Waals surface area contributed by atoms with E-state index in [1.54, 1.807) is 13.1 Å². The number of aliphatic hydroxyl groups is 1. The van der Waals surface area contributed by atoms with Gasteiger partial charge in [0.15, 0.2) is 0 Å². The van der Waals surface area contributed by atoms with Gasteiger partial charge in [-0.2, -0.15) is 5.10 Å². The minimum atomic E-state index is -2.64. The first kappa shape index (κ1) is 12.0. The normalized spacial score (nSPS) is 23.3. The standard InChI is InChI=1S/C10H13BrF2N2O/c1-15-7(6-8(11)14-15)9(16)2-4-10(12,13)5-3-9/h6,16H,2-5H2,1H3. The van der Waals surface area contributed by atoms with Gasteiger partial charge in [-0.15, -0.1) is 0 Å². The number of aromatic nitrogens is 2. The van der Waals surface area contributed by atoms with Crippen LogP contribution in [0.3, 0.4) is 0 Å². The molecule has 0 spiro atoms. The van der Waals surface area contributed by atoms with Crippen LogP contribution in [0.2, 0.25) is 0 Å². The quantitative estimate of drug-likeness (QED) is 0.864. The molecule has 1 saturated carbocycles. The van der Waals surface area contributed by atoms with Gasteiger partial charge in [0, 0.05) is 19.9 Å². The molecule has 0 bridgehead atoms. The summed E-state index contributed by atoms with van der Waals surface area (Å²) in [6.07, 6.45) is -0.392. The van der Waals surface area contributed by atoms with Crippen LogP contribution in [-0.2, 0) is 12.6 Å². The van der Waals surface area contributed by atoms with Crippen molar-refractivity contribution in [3.05, 3.63) is 16.4 Å². The van der Waals surface area contributed by atoms with Gasteiger partial charge in [-0.25, -0.2) is 8.78 Å². The summed E-state index contributed by atoms with van der Waals surface area (Å²) >= 11 is 3.20. The fourth-order valence-corrected chi connectivity index (χ4v) is 2.61. The van der Waals surface area contributed by atoms with E-state index in [9.17, 15) is 13.9 Å². The number of rotatable bonds is 1. The van der Waals surface area contributed by atoms with E-state index in [-0.39, 0.29) is 25.7 Å². The monoisotopic (exact) mass is 294 g/mol. The van der Waals surface area contributed by atoms with Crippen LogP contribution >= 0.6 is 15.9 Å². The van der Waals surface area contributed by atoms with Gasteiger partial charge >= 0.3 is 0 Å². The molecule has 0 amide bonds. The van der Waals surface area contributed by atoms with E-state index in [4.69, 9.17) is 0 Å². The number of alkyl halides is 2. The maximum Gasteiger partial charge on any atom is 0.248 e. The number of hydrogen-bond acceptors (Lipinski definition) is 2. The zero-order chi connectivity index (χ0) is 12.0. The molecule has 1 aromatic heterocycles. The molecule has 0 radical (unpaired) electrons. The Labute approximate surface area is 101 Å². The second-order valence-electron chi connectivity index (χ2n) is 4.36. The van der Waals surface area contributed by atoms with Crippen molar-refractivity contribution in [1.82, 2.24) is 9.78 Å². The molecule has 90 valence electrons.